The molecule has 1 heterocycles. The van der Waals surface area contributed by atoms with Gasteiger partial charge in [-0.05, 0) is 24.7 Å². The zero-order valence-electron chi connectivity index (χ0n) is 9.24. The topological polar surface area (TPSA) is 27.0 Å². The largest absolute Gasteiger partial charge is 0.299 e. The van der Waals surface area contributed by atoms with Crippen LogP contribution >= 0.6 is 0 Å². The fourth-order valence-electron chi connectivity index (χ4n) is 2.97. The van der Waals surface area contributed by atoms with Gasteiger partial charge < -0.3 is 0 Å². The lowest BCUT2D eigenvalue weighted by Crippen LogP contribution is -2.35. The molecule has 1 saturated heterocycles. The monoisotopic (exact) mass is 192 g/mol. The summed E-state index contributed by atoms with van der Waals surface area (Å²) in [5, 5.41) is 9.05. The summed E-state index contributed by atoms with van der Waals surface area (Å²) >= 11 is 0. The third-order valence-electron chi connectivity index (χ3n) is 4.13. The van der Waals surface area contributed by atoms with Crippen LogP contribution in [0.25, 0.3) is 0 Å². The quantitative estimate of drug-likeness (QED) is 0.637. The molecule has 1 saturated carbocycles. The van der Waals surface area contributed by atoms with E-state index in [2.05, 4.69) is 24.8 Å². The van der Waals surface area contributed by atoms with Crippen molar-refractivity contribution in [1.29, 1.82) is 5.26 Å². The van der Waals surface area contributed by atoms with E-state index in [0.717, 1.165) is 18.3 Å². The highest BCUT2D eigenvalue weighted by Crippen LogP contribution is 2.34. The van der Waals surface area contributed by atoms with Crippen LogP contribution in [-0.4, -0.2) is 24.0 Å². The molecule has 0 aromatic heterocycles. The minimum Gasteiger partial charge on any atom is -0.299 e. The Morgan fingerprint density at radius 1 is 1.14 bits per heavy atom. The molecule has 4 atom stereocenters. The number of hydrogen-bond donors (Lipinski definition) is 0. The molecular formula is C12H20N2. The van der Waals surface area contributed by atoms with E-state index < -0.39 is 0 Å². The molecule has 2 heteroatoms. The maximum absolute atomic E-state index is 9.05. The first-order valence-electron chi connectivity index (χ1n) is 5.86. The Bertz CT molecular complexity index is 233. The second-order valence-electron chi connectivity index (χ2n) is 5.14. The van der Waals surface area contributed by atoms with Gasteiger partial charge in [0.05, 0.1) is 12.0 Å². The molecule has 2 rings (SSSR count). The predicted octanol–water partition coefficient (Wildman–Crippen LogP) is 2.27. The molecule has 78 valence electrons. The number of rotatable bonds is 1. The minimum absolute atomic E-state index is 0.312. The summed E-state index contributed by atoms with van der Waals surface area (Å²) in [5.74, 6) is 1.94. The summed E-state index contributed by atoms with van der Waals surface area (Å²) in [7, 11) is 0. The van der Waals surface area contributed by atoms with E-state index >= 15 is 0 Å². The molecule has 2 nitrogen and oxygen atoms in total. The molecule has 0 aromatic carbocycles. The molecular weight excluding hydrogens is 172 g/mol. The number of likely N-dealkylation sites (tertiary alicyclic amines) is 1. The summed E-state index contributed by atoms with van der Waals surface area (Å²) in [6.45, 7) is 7.09. The van der Waals surface area contributed by atoms with Crippen molar-refractivity contribution in [3.05, 3.63) is 0 Å². The van der Waals surface area contributed by atoms with Crippen molar-refractivity contribution in [2.75, 3.05) is 13.1 Å². The smallest absolute Gasteiger partial charge is 0.0672 e. The predicted molar refractivity (Wildman–Crippen MR) is 56.6 cm³/mol. The van der Waals surface area contributed by atoms with Gasteiger partial charge in [0.1, 0.15) is 0 Å². The Labute approximate surface area is 86.9 Å². The highest BCUT2D eigenvalue weighted by atomic mass is 15.2. The second-order valence-corrected chi connectivity index (χ2v) is 5.14. The van der Waals surface area contributed by atoms with Crippen molar-refractivity contribution in [3.8, 4) is 6.07 Å². The Hall–Kier alpha value is -0.550. The van der Waals surface area contributed by atoms with E-state index in [-0.39, 0.29) is 0 Å². The van der Waals surface area contributed by atoms with Gasteiger partial charge in [0, 0.05) is 19.1 Å². The third kappa shape index (κ3) is 1.66. The van der Waals surface area contributed by atoms with Crippen LogP contribution in [0.1, 0.15) is 33.1 Å². The van der Waals surface area contributed by atoms with Crippen LogP contribution in [0.4, 0.5) is 0 Å². The number of hydrogen-bond acceptors (Lipinski definition) is 2. The first-order chi connectivity index (χ1) is 6.72. The van der Waals surface area contributed by atoms with Crippen LogP contribution in [0.3, 0.4) is 0 Å². The third-order valence-corrected chi connectivity index (χ3v) is 4.13. The fourth-order valence-corrected chi connectivity index (χ4v) is 2.97. The van der Waals surface area contributed by atoms with Crippen LogP contribution in [0, 0.1) is 29.1 Å². The molecule has 0 amide bonds. The Balaban J connectivity index is 1.99. The number of nitriles is 1. The molecule has 0 spiro atoms. The highest BCUT2D eigenvalue weighted by Gasteiger charge is 2.37. The van der Waals surface area contributed by atoms with Crippen LogP contribution in [0.5, 0.6) is 0 Å². The van der Waals surface area contributed by atoms with Gasteiger partial charge in [-0.1, -0.05) is 20.3 Å². The van der Waals surface area contributed by atoms with E-state index in [0.29, 0.717) is 12.0 Å². The summed E-state index contributed by atoms with van der Waals surface area (Å²) in [6.07, 6.45) is 3.63. The highest BCUT2D eigenvalue weighted by molar-refractivity contribution is 4.99. The molecule has 4 unspecified atom stereocenters. The van der Waals surface area contributed by atoms with Crippen LogP contribution in [0.2, 0.25) is 0 Å². The Morgan fingerprint density at radius 2 is 1.79 bits per heavy atom. The van der Waals surface area contributed by atoms with E-state index in [4.69, 9.17) is 5.26 Å². The van der Waals surface area contributed by atoms with Gasteiger partial charge in [-0.25, -0.2) is 0 Å². The van der Waals surface area contributed by atoms with Crippen molar-refractivity contribution >= 4 is 0 Å². The van der Waals surface area contributed by atoms with Crippen molar-refractivity contribution < 1.29 is 0 Å². The zero-order chi connectivity index (χ0) is 10.1. The molecule has 2 aliphatic rings. The molecule has 1 aliphatic heterocycles. The van der Waals surface area contributed by atoms with E-state index in [1.807, 2.05) is 0 Å². The standard InChI is InChI=1S/C12H20N2/c1-9-7-14(8-10(9)2)12-5-3-4-11(12)6-13/h9-12H,3-5,7-8H2,1-2H3. The summed E-state index contributed by atoms with van der Waals surface area (Å²) in [5.41, 5.74) is 0. The molecule has 0 aromatic rings. The van der Waals surface area contributed by atoms with Gasteiger partial charge in [0.25, 0.3) is 0 Å². The van der Waals surface area contributed by atoms with Gasteiger partial charge in [-0.3, -0.25) is 4.90 Å². The van der Waals surface area contributed by atoms with Crippen LogP contribution in [-0.2, 0) is 0 Å². The fraction of sp³-hybridized carbons (Fsp3) is 0.917. The Morgan fingerprint density at radius 3 is 2.36 bits per heavy atom. The van der Waals surface area contributed by atoms with Gasteiger partial charge in [0.2, 0.25) is 0 Å². The van der Waals surface area contributed by atoms with Gasteiger partial charge >= 0.3 is 0 Å². The molecule has 1 aliphatic carbocycles. The van der Waals surface area contributed by atoms with E-state index in [9.17, 15) is 0 Å². The summed E-state index contributed by atoms with van der Waals surface area (Å²) in [6, 6.07) is 3.06. The maximum Gasteiger partial charge on any atom is 0.0672 e. The second kappa shape index (κ2) is 3.90. The Kier molecular flexibility index (Phi) is 2.78. The van der Waals surface area contributed by atoms with Crippen molar-refractivity contribution in [1.82, 2.24) is 4.90 Å². The summed E-state index contributed by atoms with van der Waals surface area (Å²) < 4.78 is 0. The first kappa shape index (κ1) is 9.98. The number of nitrogens with zero attached hydrogens (tertiary/aromatic N) is 2. The maximum atomic E-state index is 9.05. The van der Waals surface area contributed by atoms with Crippen molar-refractivity contribution in [2.24, 2.45) is 17.8 Å². The van der Waals surface area contributed by atoms with Gasteiger partial charge in [-0.15, -0.1) is 0 Å². The van der Waals surface area contributed by atoms with E-state index in [1.54, 1.807) is 0 Å². The average molecular weight is 192 g/mol. The molecule has 0 radical (unpaired) electrons. The van der Waals surface area contributed by atoms with Crippen LogP contribution < -0.4 is 0 Å². The molecule has 14 heavy (non-hydrogen) atoms. The van der Waals surface area contributed by atoms with E-state index in [1.165, 1.54) is 25.9 Å². The van der Waals surface area contributed by atoms with Gasteiger partial charge in [0.15, 0.2) is 0 Å². The van der Waals surface area contributed by atoms with Crippen molar-refractivity contribution in [2.45, 2.75) is 39.2 Å². The normalized spacial score (nSPS) is 44.1. The van der Waals surface area contributed by atoms with Crippen LogP contribution in [0.15, 0.2) is 0 Å². The zero-order valence-corrected chi connectivity index (χ0v) is 9.24. The van der Waals surface area contributed by atoms with Crippen molar-refractivity contribution in [3.63, 3.8) is 0 Å². The molecule has 2 fully saturated rings. The lowest BCUT2D eigenvalue weighted by molar-refractivity contribution is 0.211. The SMILES string of the molecule is CC1CN(C2CCCC2C#N)CC1C. The van der Waals surface area contributed by atoms with Gasteiger partial charge in [-0.2, -0.15) is 5.26 Å². The lowest BCUT2D eigenvalue weighted by atomic mass is 10.0. The molecule has 0 N–H and O–H groups in total. The minimum atomic E-state index is 0.312. The molecule has 0 bridgehead atoms. The summed E-state index contributed by atoms with van der Waals surface area (Å²) in [4.78, 5) is 2.57. The first-order valence-corrected chi connectivity index (χ1v) is 5.86. The lowest BCUT2D eigenvalue weighted by Gasteiger charge is -2.26. The average Bonchev–Trinajstić information content (AvgIpc) is 2.73.